The van der Waals surface area contributed by atoms with E-state index in [0.717, 1.165) is 56.6 Å². The second-order valence-corrected chi connectivity index (χ2v) is 10.9. The molecular weight excluding hydrogens is 484 g/mol. The van der Waals surface area contributed by atoms with Gasteiger partial charge in [0.25, 0.3) is 0 Å². The zero-order chi connectivity index (χ0) is 26.6. The highest BCUT2D eigenvalue weighted by molar-refractivity contribution is 5.95. The summed E-state index contributed by atoms with van der Waals surface area (Å²) in [5.74, 6) is 0.613. The molecule has 1 aliphatic carbocycles. The summed E-state index contributed by atoms with van der Waals surface area (Å²) < 4.78 is 0. The summed E-state index contributed by atoms with van der Waals surface area (Å²) in [5.41, 5.74) is 6.71. The zero-order valence-corrected chi connectivity index (χ0v) is 22.2. The van der Waals surface area contributed by atoms with Crippen LogP contribution in [-0.4, -0.2) is 37.0 Å². The average molecular weight is 521 g/mol. The molecule has 4 N–H and O–H groups in total. The van der Waals surface area contributed by atoms with Crippen molar-refractivity contribution in [1.29, 1.82) is 0 Å². The van der Waals surface area contributed by atoms with Crippen molar-refractivity contribution in [3.8, 4) is 0 Å². The number of amides is 2. The fraction of sp³-hybridized carbons (Fsp3) is 0.333. The molecule has 0 spiro atoms. The molecule has 0 radical (unpaired) electrons. The van der Waals surface area contributed by atoms with E-state index >= 15 is 0 Å². The van der Waals surface area contributed by atoms with Gasteiger partial charge in [-0.1, -0.05) is 60.7 Å². The molecule has 2 fully saturated rings. The standard InChI is InChI=1S/C33H36N4O2/c38-32(29-8-4-20-34-29)36-25-14-10-22(11-15-25)27-18-19-28(31(27)24-6-2-1-3-7-24)23-12-16-26(17-13-23)37-33(39)30-9-5-21-35-30/h1-3,6-7,10-18,28-31,34-35H,4-5,8-9,19-21H2,(H,36,38)(H,37,39). The molecule has 4 atom stereocenters. The first kappa shape index (κ1) is 25.5. The van der Waals surface area contributed by atoms with Crippen LogP contribution in [0.1, 0.15) is 60.6 Å². The van der Waals surface area contributed by atoms with E-state index < -0.39 is 0 Å². The molecular formula is C33H36N4O2. The molecule has 6 rings (SSSR count). The number of anilines is 2. The molecule has 2 heterocycles. The highest BCUT2D eigenvalue weighted by Gasteiger charge is 2.33. The molecule has 3 aromatic rings. The summed E-state index contributed by atoms with van der Waals surface area (Å²) in [7, 11) is 0. The number of allylic oxidation sites excluding steroid dienone is 2. The molecule has 2 aliphatic heterocycles. The van der Waals surface area contributed by atoms with E-state index in [1.54, 1.807) is 0 Å². The largest absolute Gasteiger partial charge is 0.325 e. The van der Waals surface area contributed by atoms with Crippen LogP contribution in [0.4, 0.5) is 11.4 Å². The molecule has 0 aromatic heterocycles. The third-order valence-corrected chi connectivity index (χ3v) is 8.33. The van der Waals surface area contributed by atoms with Gasteiger partial charge in [0.2, 0.25) is 11.8 Å². The van der Waals surface area contributed by atoms with Gasteiger partial charge in [-0.05, 0) is 97.6 Å². The molecule has 39 heavy (non-hydrogen) atoms. The van der Waals surface area contributed by atoms with Crippen molar-refractivity contribution < 1.29 is 9.59 Å². The first-order chi connectivity index (χ1) is 19.2. The smallest absolute Gasteiger partial charge is 0.241 e. The predicted octanol–water partition coefficient (Wildman–Crippen LogP) is 5.42. The first-order valence-electron chi connectivity index (χ1n) is 14.2. The van der Waals surface area contributed by atoms with E-state index in [2.05, 4.69) is 81.9 Å². The van der Waals surface area contributed by atoms with E-state index in [4.69, 9.17) is 0 Å². The maximum absolute atomic E-state index is 12.5. The first-order valence-corrected chi connectivity index (χ1v) is 14.2. The van der Waals surface area contributed by atoms with Gasteiger partial charge in [0.1, 0.15) is 0 Å². The van der Waals surface area contributed by atoms with E-state index in [1.807, 2.05) is 24.3 Å². The molecule has 3 aliphatic rings. The monoisotopic (exact) mass is 520 g/mol. The number of nitrogens with one attached hydrogen (secondary N) is 4. The van der Waals surface area contributed by atoms with Gasteiger partial charge >= 0.3 is 0 Å². The van der Waals surface area contributed by atoms with Crippen molar-refractivity contribution in [2.75, 3.05) is 23.7 Å². The molecule has 3 aromatic carbocycles. The minimum Gasteiger partial charge on any atom is -0.325 e. The molecule has 0 saturated carbocycles. The number of rotatable bonds is 7. The van der Waals surface area contributed by atoms with Gasteiger partial charge in [0, 0.05) is 17.3 Å². The Kier molecular flexibility index (Phi) is 7.57. The Bertz CT molecular complexity index is 1320. The minimum atomic E-state index is -0.0930. The third kappa shape index (κ3) is 5.68. The van der Waals surface area contributed by atoms with E-state index in [9.17, 15) is 9.59 Å². The van der Waals surface area contributed by atoms with Crippen molar-refractivity contribution in [2.24, 2.45) is 0 Å². The lowest BCUT2D eigenvalue weighted by Gasteiger charge is -2.25. The SMILES string of the molecule is O=C(Nc1ccc(C2=CCC(c3ccc(NC(=O)C4CCCN4)cc3)C2c2ccccc2)cc1)C1CCCN1. The van der Waals surface area contributed by atoms with Crippen LogP contribution in [0.3, 0.4) is 0 Å². The van der Waals surface area contributed by atoms with Crippen LogP contribution in [0.15, 0.2) is 84.9 Å². The fourth-order valence-corrected chi connectivity index (χ4v) is 6.27. The summed E-state index contributed by atoms with van der Waals surface area (Å²) in [6, 6.07) is 27.1. The normalized spacial score (nSPS) is 24.4. The number of carbonyl (C=O) groups excluding carboxylic acids is 2. The van der Waals surface area contributed by atoms with Crippen molar-refractivity contribution in [2.45, 2.75) is 56.0 Å². The van der Waals surface area contributed by atoms with E-state index in [-0.39, 0.29) is 29.8 Å². The number of benzene rings is 3. The summed E-state index contributed by atoms with van der Waals surface area (Å²) in [5, 5.41) is 12.6. The van der Waals surface area contributed by atoms with Gasteiger partial charge in [0.15, 0.2) is 0 Å². The Labute approximate surface area is 230 Å². The molecule has 0 bridgehead atoms. The van der Waals surface area contributed by atoms with Crippen molar-refractivity contribution in [3.63, 3.8) is 0 Å². The molecule has 200 valence electrons. The third-order valence-electron chi connectivity index (χ3n) is 8.33. The molecule has 2 saturated heterocycles. The Morgan fingerprint density at radius 2 is 1.23 bits per heavy atom. The van der Waals surface area contributed by atoms with Gasteiger partial charge in [-0.15, -0.1) is 0 Å². The van der Waals surface area contributed by atoms with E-state index in [0.29, 0.717) is 5.92 Å². The topological polar surface area (TPSA) is 82.3 Å². The summed E-state index contributed by atoms with van der Waals surface area (Å²) in [6.07, 6.45) is 7.18. The van der Waals surface area contributed by atoms with Gasteiger partial charge < -0.3 is 21.3 Å². The molecule has 6 nitrogen and oxygen atoms in total. The van der Waals surface area contributed by atoms with Crippen LogP contribution in [0, 0.1) is 0 Å². The lowest BCUT2D eigenvalue weighted by Crippen LogP contribution is -2.35. The van der Waals surface area contributed by atoms with Crippen molar-refractivity contribution in [1.82, 2.24) is 10.6 Å². The Morgan fingerprint density at radius 3 is 1.77 bits per heavy atom. The number of hydrogen-bond donors (Lipinski definition) is 4. The van der Waals surface area contributed by atoms with Gasteiger partial charge in [-0.2, -0.15) is 0 Å². The average Bonchev–Trinajstić information content (AvgIpc) is 3.77. The van der Waals surface area contributed by atoms with Crippen LogP contribution in [0.2, 0.25) is 0 Å². The van der Waals surface area contributed by atoms with Crippen LogP contribution in [0.5, 0.6) is 0 Å². The summed E-state index contributed by atoms with van der Waals surface area (Å²) in [6.45, 7) is 1.81. The highest BCUT2D eigenvalue weighted by Crippen LogP contribution is 2.50. The lowest BCUT2D eigenvalue weighted by molar-refractivity contribution is -0.118. The van der Waals surface area contributed by atoms with E-state index in [1.165, 1.54) is 22.3 Å². The Hall–Kier alpha value is -3.74. The van der Waals surface area contributed by atoms with Crippen LogP contribution < -0.4 is 21.3 Å². The summed E-state index contributed by atoms with van der Waals surface area (Å²) in [4.78, 5) is 25.1. The van der Waals surface area contributed by atoms with Gasteiger partial charge in [-0.3, -0.25) is 9.59 Å². The van der Waals surface area contributed by atoms with Crippen molar-refractivity contribution >= 4 is 28.8 Å². The Balaban J connectivity index is 1.19. The number of hydrogen-bond acceptors (Lipinski definition) is 4. The molecule has 4 unspecified atom stereocenters. The minimum absolute atomic E-state index is 0.0432. The van der Waals surface area contributed by atoms with Crippen LogP contribution >= 0.6 is 0 Å². The zero-order valence-electron chi connectivity index (χ0n) is 22.2. The summed E-state index contributed by atoms with van der Waals surface area (Å²) >= 11 is 0. The maximum atomic E-state index is 12.5. The highest BCUT2D eigenvalue weighted by atomic mass is 16.2. The maximum Gasteiger partial charge on any atom is 0.241 e. The van der Waals surface area contributed by atoms with Gasteiger partial charge in [0.05, 0.1) is 12.1 Å². The van der Waals surface area contributed by atoms with Crippen molar-refractivity contribution in [3.05, 3.63) is 102 Å². The quantitative estimate of drug-likeness (QED) is 0.335. The van der Waals surface area contributed by atoms with Crippen LogP contribution in [0.25, 0.3) is 5.57 Å². The second-order valence-electron chi connectivity index (χ2n) is 10.9. The lowest BCUT2D eigenvalue weighted by atomic mass is 9.79. The predicted molar refractivity (Wildman–Crippen MR) is 157 cm³/mol. The Morgan fingerprint density at radius 1 is 0.667 bits per heavy atom. The fourth-order valence-electron chi connectivity index (χ4n) is 6.27. The van der Waals surface area contributed by atoms with Crippen LogP contribution in [-0.2, 0) is 9.59 Å². The molecule has 2 amide bonds. The molecule has 6 heteroatoms. The second kappa shape index (κ2) is 11.6. The van der Waals surface area contributed by atoms with Gasteiger partial charge in [-0.25, -0.2) is 0 Å². The number of carbonyl (C=O) groups is 2.